The molecule has 1 N–H and O–H groups in total. The van der Waals surface area contributed by atoms with Crippen molar-refractivity contribution in [3.8, 4) is 11.5 Å². The van der Waals surface area contributed by atoms with Gasteiger partial charge in [0, 0.05) is 39.4 Å². The summed E-state index contributed by atoms with van der Waals surface area (Å²) in [6.07, 6.45) is 3.07. The molecule has 1 aromatic carbocycles. The maximum absolute atomic E-state index is 5.46. The normalized spacial score (nSPS) is 13.6. The minimum atomic E-state index is 0. The van der Waals surface area contributed by atoms with E-state index in [1.54, 1.807) is 14.2 Å². The van der Waals surface area contributed by atoms with Crippen molar-refractivity contribution in [1.82, 2.24) is 10.2 Å². The van der Waals surface area contributed by atoms with Gasteiger partial charge in [-0.1, -0.05) is 0 Å². The molecule has 0 unspecified atom stereocenters. The zero-order valence-electron chi connectivity index (χ0n) is 17.0. The number of benzene rings is 1. The molecular formula is C20H34IN3O3. The van der Waals surface area contributed by atoms with E-state index >= 15 is 0 Å². The van der Waals surface area contributed by atoms with Crippen molar-refractivity contribution in [1.29, 1.82) is 0 Å². The van der Waals surface area contributed by atoms with E-state index in [0.717, 1.165) is 76.1 Å². The molecule has 0 amide bonds. The first-order valence-electron chi connectivity index (χ1n) is 9.58. The van der Waals surface area contributed by atoms with Crippen LogP contribution in [0.2, 0.25) is 0 Å². The number of nitrogens with one attached hydrogen (secondary N) is 1. The highest BCUT2D eigenvalue weighted by Gasteiger charge is 2.21. The van der Waals surface area contributed by atoms with Crippen LogP contribution in [0.3, 0.4) is 0 Å². The number of ether oxygens (including phenoxy) is 3. The van der Waals surface area contributed by atoms with Gasteiger partial charge in [0.25, 0.3) is 0 Å². The highest BCUT2D eigenvalue weighted by Crippen LogP contribution is 2.33. The van der Waals surface area contributed by atoms with Crippen LogP contribution in [0.5, 0.6) is 11.5 Å². The van der Waals surface area contributed by atoms with Crippen LogP contribution in [0.1, 0.15) is 37.8 Å². The van der Waals surface area contributed by atoms with Gasteiger partial charge in [-0.15, -0.1) is 24.0 Å². The van der Waals surface area contributed by atoms with Crippen LogP contribution in [0, 0.1) is 0 Å². The molecule has 0 atom stereocenters. The predicted molar refractivity (Wildman–Crippen MR) is 121 cm³/mol. The van der Waals surface area contributed by atoms with Gasteiger partial charge >= 0.3 is 0 Å². The maximum Gasteiger partial charge on any atom is 0.194 e. The molecule has 0 aromatic heterocycles. The summed E-state index contributed by atoms with van der Waals surface area (Å²) in [5.74, 6) is 2.57. The fraction of sp³-hybridized carbons (Fsp3) is 0.650. The number of aliphatic imine (C=N–C) groups is 1. The second-order valence-corrected chi connectivity index (χ2v) is 6.29. The number of rotatable bonds is 9. The average molecular weight is 491 g/mol. The number of guanidine groups is 1. The van der Waals surface area contributed by atoms with E-state index in [-0.39, 0.29) is 24.0 Å². The monoisotopic (exact) mass is 491 g/mol. The quantitative estimate of drug-likeness (QED) is 0.248. The number of hydrogen-bond acceptors (Lipinski definition) is 4. The summed E-state index contributed by atoms with van der Waals surface area (Å²) >= 11 is 0. The molecule has 7 heteroatoms. The molecule has 1 heterocycles. The zero-order valence-corrected chi connectivity index (χ0v) is 19.4. The molecule has 0 saturated carbocycles. The Kier molecular flexibility index (Phi) is 11.5. The number of unbranched alkanes of at least 4 members (excludes halogenated alkanes) is 1. The Labute approximate surface area is 180 Å². The Morgan fingerprint density at radius 1 is 1.11 bits per heavy atom. The van der Waals surface area contributed by atoms with Crippen molar-refractivity contribution < 1.29 is 14.2 Å². The SMILES string of the molecule is CCNC(=NCCCCOCC)N1CCc2cc(OC)c(OC)cc2C1.I. The third kappa shape index (κ3) is 7.03. The van der Waals surface area contributed by atoms with E-state index in [0.29, 0.717) is 0 Å². The first kappa shape index (κ1) is 23.8. The predicted octanol–water partition coefficient (Wildman–Crippen LogP) is 3.46. The van der Waals surface area contributed by atoms with E-state index in [9.17, 15) is 0 Å². The summed E-state index contributed by atoms with van der Waals surface area (Å²) in [5, 5.41) is 3.43. The summed E-state index contributed by atoms with van der Waals surface area (Å²) < 4.78 is 16.3. The smallest absolute Gasteiger partial charge is 0.194 e. The summed E-state index contributed by atoms with van der Waals surface area (Å²) in [4.78, 5) is 7.12. The molecule has 1 aromatic rings. The first-order chi connectivity index (χ1) is 12.7. The van der Waals surface area contributed by atoms with Crippen molar-refractivity contribution in [2.45, 2.75) is 39.7 Å². The summed E-state index contributed by atoms with van der Waals surface area (Å²) in [5.41, 5.74) is 2.60. The van der Waals surface area contributed by atoms with Gasteiger partial charge in [0.2, 0.25) is 0 Å². The molecule has 2 rings (SSSR count). The fourth-order valence-corrected chi connectivity index (χ4v) is 3.14. The van der Waals surface area contributed by atoms with Crippen molar-refractivity contribution in [2.75, 3.05) is 47.1 Å². The molecule has 0 saturated heterocycles. The molecule has 1 aliphatic rings. The van der Waals surface area contributed by atoms with Gasteiger partial charge in [0.1, 0.15) is 0 Å². The summed E-state index contributed by atoms with van der Waals surface area (Å²) in [7, 11) is 3.36. The van der Waals surface area contributed by atoms with E-state index in [1.807, 2.05) is 6.92 Å². The van der Waals surface area contributed by atoms with Crippen LogP contribution in [0.4, 0.5) is 0 Å². The van der Waals surface area contributed by atoms with Gasteiger partial charge in [-0.2, -0.15) is 0 Å². The van der Waals surface area contributed by atoms with Crippen molar-refractivity contribution in [3.63, 3.8) is 0 Å². The molecule has 0 fully saturated rings. The lowest BCUT2D eigenvalue weighted by Gasteiger charge is -2.32. The van der Waals surface area contributed by atoms with Crippen LogP contribution in [0.25, 0.3) is 0 Å². The second kappa shape index (κ2) is 13.0. The van der Waals surface area contributed by atoms with Crippen LogP contribution in [-0.4, -0.2) is 57.9 Å². The van der Waals surface area contributed by atoms with Gasteiger partial charge in [0.05, 0.1) is 14.2 Å². The zero-order chi connectivity index (χ0) is 18.8. The number of fused-ring (bicyclic) bond motifs is 1. The molecule has 0 aliphatic carbocycles. The largest absolute Gasteiger partial charge is 0.493 e. The fourth-order valence-electron chi connectivity index (χ4n) is 3.14. The van der Waals surface area contributed by atoms with Crippen LogP contribution < -0.4 is 14.8 Å². The summed E-state index contributed by atoms with van der Waals surface area (Å²) in [6, 6.07) is 4.19. The molecule has 0 radical (unpaired) electrons. The van der Waals surface area contributed by atoms with Crippen molar-refractivity contribution in [3.05, 3.63) is 23.3 Å². The van der Waals surface area contributed by atoms with Gasteiger partial charge in [-0.3, -0.25) is 4.99 Å². The molecular weight excluding hydrogens is 457 g/mol. The molecule has 154 valence electrons. The van der Waals surface area contributed by atoms with E-state index in [4.69, 9.17) is 19.2 Å². The highest BCUT2D eigenvalue weighted by atomic mass is 127. The lowest BCUT2D eigenvalue weighted by molar-refractivity contribution is 0.144. The van der Waals surface area contributed by atoms with Gasteiger partial charge in [-0.05, 0) is 56.4 Å². The molecule has 27 heavy (non-hydrogen) atoms. The third-order valence-corrected chi connectivity index (χ3v) is 4.51. The average Bonchev–Trinajstić information content (AvgIpc) is 2.68. The highest BCUT2D eigenvalue weighted by molar-refractivity contribution is 14.0. The molecule has 0 spiro atoms. The van der Waals surface area contributed by atoms with Crippen molar-refractivity contribution >= 4 is 29.9 Å². The van der Waals surface area contributed by atoms with Gasteiger partial charge in [-0.25, -0.2) is 0 Å². The van der Waals surface area contributed by atoms with Crippen molar-refractivity contribution in [2.24, 2.45) is 4.99 Å². The number of hydrogen-bond donors (Lipinski definition) is 1. The minimum Gasteiger partial charge on any atom is -0.493 e. The third-order valence-electron chi connectivity index (χ3n) is 4.51. The number of halogens is 1. The Balaban J connectivity index is 0.00000364. The van der Waals surface area contributed by atoms with E-state index < -0.39 is 0 Å². The molecule has 0 bridgehead atoms. The lowest BCUT2D eigenvalue weighted by Crippen LogP contribution is -2.44. The number of nitrogens with zero attached hydrogens (tertiary/aromatic N) is 2. The van der Waals surface area contributed by atoms with Crippen LogP contribution in [-0.2, 0) is 17.7 Å². The van der Waals surface area contributed by atoms with E-state index in [1.165, 1.54) is 11.1 Å². The lowest BCUT2D eigenvalue weighted by atomic mass is 9.99. The van der Waals surface area contributed by atoms with Gasteiger partial charge in [0.15, 0.2) is 17.5 Å². The summed E-state index contributed by atoms with van der Waals surface area (Å²) in [6.45, 7) is 9.22. The molecule has 6 nitrogen and oxygen atoms in total. The topological polar surface area (TPSA) is 55.3 Å². The Hall–Kier alpha value is -1.22. The Morgan fingerprint density at radius 3 is 2.44 bits per heavy atom. The van der Waals surface area contributed by atoms with E-state index in [2.05, 4.69) is 29.3 Å². The number of methoxy groups -OCH3 is 2. The maximum atomic E-state index is 5.46. The first-order valence-corrected chi connectivity index (χ1v) is 9.58. The Bertz CT molecular complexity index is 596. The van der Waals surface area contributed by atoms with Gasteiger partial charge < -0.3 is 24.4 Å². The van der Waals surface area contributed by atoms with Crippen LogP contribution in [0.15, 0.2) is 17.1 Å². The Morgan fingerprint density at radius 2 is 1.81 bits per heavy atom. The standard InChI is InChI=1S/C20H33N3O3.HI/c1-5-21-20(22-10-7-8-12-26-6-2)23-11-9-16-13-18(24-3)19(25-4)14-17(16)15-23;/h13-14H,5-12,15H2,1-4H3,(H,21,22);1H. The second-order valence-electron chi connectivity index (χ2n) is 6.29. The van der Waals surface area contributed by atoms with Crippen LogP contribution >= 0.6 is 24.0 Å². The molecule has 1 aliphatic heterocycles. The minimum absolute atomic E-state index is 0.